The molecule has 4 heteroatoms. The van der Waals surface area contributed by atoms with Crippen LogP contribution in [0.3, 0.4) is 0 Å². The predicted molar refractivity (Wildman–Crippen MR) is 80.2 cm³/mol. The molecule has 2 atom stereocenters. The number of ketones is 1. The first-order valence-corrected chi connectivity index (χ1v) is 8.12. The van der Waals surface area contributed by atoms with E-state index in [9.17, 15) is 4.79 Å². The number of hydrogen-bond acceptors (Lipinski definition) is 2. The van der Waals surface area contributed by atoms with E-state index in [-0.39, 0.29) is 5.92 Å². The minimum Gasteiger partial charge on any atom is -0.299 e. The van der Waals surface area contributed by atoms with Crippen LogP contribution in [0.1, 0.15) is 51.4 Å². The molecule has 0 aliphatic heterocycles. The first-order chi connectivity index (χ1) is 9.06. The number of rotatable bonds is 4. The number of aryl methyl sites for hydroxylation is 2. The van der Waals surface area contributed by atoms with E-state index in [0.29, 0.717) is 11.7 Å². The molecule has 3 nitrogen and oxygen atoms in total. The maximum atomic E-state index is 12.1. The Labute approximate surface area is 123 Å². The second-order valence-electron chi connectivity index (χ2n) is 5.62. The number of Topliss-reactive ketones (excluding diaryl/α,β-unsaturated/α-hetero) is 1. The molecular formula is C15H23BrN2O. The fourth-order valence-corrected chi connectivity index (χ4v) is 3.70. The highest BCUT2D eigenvalue weighted by molar-refractivity contribution is 9.10. The van der Waals surface area contributed by atoms with E-state index >= 15 is 0 Å². The second kappa shape index (κ2) is 6.21. The molecule has 1 aliphatic rings. The minimum atomic E-state index is 0.187. The Hall–Kier alpha value is -0.640. The van der Waals surface area contributed by atoms with E-state index in [1.807, 2.05) is 0 Å². The van der Waals surface area contributed by atoms with Crippen LogP contribution in [0.25, 0.3) is 0 Å². The molecule has 1 aromatic heterocycles. The van der Waals surface area contributed by atoms with Crippen LogP contribution in [0, 0.1) is 11.8 Å². The highest BCUT2D eigenvalue weighted by Crippen LogP contribution is 2.31. The number of nitrogens with zero attached hydrogens (tertiary/aromatic N) is 2. The molecule has 2 rings (SSSR count). The van der Waals surface area contributed by atoms with Gasteiger partial charge in [-0.2, -0.15) is 5.10 Å². The lowest BCUT2D eigenvalue weighted by Crippen LogP contribution is -2.26. The van der Waals surface area contributed by atoms with Gasteiger partial charge in [-0.05, 0) is 48.0 Å². The summed E-state index contributed by atoms with van der Waals surface area (Å²) in [4.78, 5) is 12.1. The number of hydrogen-bond donors (Lipinski definition) is 0. The molecule has 1 heterocycles. The van der Waals surface area contributed by atoms with Crippen LogP contribution in [0.5, 0.6) is 0 Å². The second-order valence-corrected chi connectivity index (χ2v) is 6.42. The first-order valence-electron chi connectivity index (χ1n) is 7.33. The molecule has 0 aromatic carbocycles. The van der Waals surface area contributed by atoms with Gasteiger partial charge in [0.15, 0.2) is 0 Å². The van der Waals surface area contributed by atoms with E-state index < -0.39 is 0 Å². The molecule has 0 amide bonds. The van der Waals surface area contributed by atoms with Gasteiger partial charge < -0.3 is 0 Å². The van der Waals surface area contributed by atoms with Crippen molar-refractivity contribution >= 4 is 21.7 Å². The molecule has 1 fully saturated rings. The van der Waals surface area contributed by atoms with Crippen LogP contribution in [-0.4, -0.2) is 15.6 Å². The van der Waals surface area contributed by atoms with Gasteiger partial charge in [0.25, 0.3) is 0 Å². The largest absolute Gasteiger partial charge is 0.299 e. The maximum Gasteiger partial charge on any atom is 0.136 e. The number of carbonyl (C=O) groups excluding carboxylic acids is 1. The molecule has 0 radical (unpaired) electrons. The third-order valence-corrected chi connectivity index (χ3v) is 5.08. The first kappa shape index (κ1) is 14.8. The van der Waals surface area contributed by atoms with Crippen LogP contribution in [0.15, 0.2) is 4.47 Å². The summed E-state index contributed by atoms with van der Waals surface area (Å²) in [6.45, 7) is 7.34. The molecule has 1 aliphatic carbocycles. The smallest absolute Gasteiger partial charge is 0.136 e. The summed E-state index contributed by atoms with van der Waals surface area (Å²) >= 11 is 3.67. The van der Waals surface area contributed by atoms with Crippen molar-refractivity contribution in [3.63, 3.8) is 0 Å². The van der Waals surface area contributed by atoms with E-state index in [1.54, 1.807) is 0 Å². The molecule has 0 N–H and O–H groups in total. The topological polar surface area (TPSA) is 34.9 Å². The fraction of sp³-hybridized carbons (Fsp3) is 0.733. The van der Waals surface area contributed by atoms with Gasteiger partial charge in [0, 0.05) is 25.3 Å². The van der Waals surface area contributed by atoms with Gasteiger partial charge in [0.1, 0.15) is 5.78 Å². The summed E-state index contributed by atoms with van der Waals surface area (Å²) < 4.78 is 3.16. The minimum absolute atomic E-state index is 0.187. The van der Waals surface area contributed by atoms with Crippen LogP contribution in [-0.2, 0) is 24.2 Å². The zero-order chi connectivity index (χ0) is 14.0. The summed E-state index contributed by atoms with van der Waals surface area (Å²) in [6, 6.07) is 0. The van der Waals surface area contributed by atoms with Gasteiger partial charge in [-0.1, -0.05) is 13.8 Å². The summed E-state index contributed by atoms with van der Waals surface area (Å²) in [5, 5.41) is 4.61. The van der Waals surface area contributed by atoms with Crippen molar-refractivity contribution in [3.8, 4) is 0 Å². The van der Waals surface area contributed by atoms with Crippen molar-refractivity contribution in [2.24, 2.45) is 11.8 Å². The third-order valence-electron chi connectivity index (χ3n) is 4.16. The standard InChI is InChI=1S/C15H23BrN2O/c1-4-12-15(16)13(18(5-2)17-12)9-11-8-10(3)6-7-14(11)19/h10-11H,4-9H2,1-3H3. The Morgan fingerprint density at radius 2 is 2.16 bits per heavy atom. The molecule has 106 valence electrons. The van der Waals surface area contributed by atoms with Crippen molar-refractivity contribution < 1.29 is 4.79 Å². The van der Waals surface area contributed by atoms with Gasteiger partial charge in [-0.25, -0.2) is 0 Å². The van der Waals surface area contributed by atoms with Gasteiger partial charge in [0.05, 0.1) is 15.9 Å². The van der Waals surface area contributed by atoms with Crippen molar-refractivity contribution in [3.05, 3.63) is 15.9 Å². The summed E-state index contributed by atoms with van der Waals surface area (Å²) in [6.07, 6.45) is 4.61. The molecule has 0 saturated heterocycles. The Kier molecular flexibility index (Phi) is 4.82. The summed E-state index contributed by atoms with van der Waals surface area (Å²) in [7, 11) is 0. The Morgan fingerprint density at radius 3 is 2.79 bits per heavy atom. The van der Waals surface area contributed by atoms with Crippen molar-refractivity contribution in [1.82, 2.24) is 9.78 Å². The third kappa shape index (κ3) is 3.10. The predicted octanol–water partition coefficient (Wildman–Crippen LogP) is 3.78. The molecular weight excluding hydrogens is 304 g/mol. The molecule has 1 saturated carbocycles. The van der Waals surface area contributed by atoms with Crippen LogP contribution >= 0.6 is 15.9 Å². The number of halogens is 1. The van der Waals surface area contributed by atoms with E-state index in [2.05, 4.69) is 46.5 Å². The molecule has 0 spiro atoms. The lowest BCUT2D eigenvalue weighted by molar-refractivity contribution is -0.125. The highest BCUT2D eigenvalue weighted by Gasteiger charge is 2.28. The Bertz CT molecular complexity index is 467. The number of carbonyl (C=O) groups is 1. The van der Waals surface area contributed by atoms with Crippen LogP contribution < -0.4 is 0 Å². The quantitative estimate of drug-likeness (QED) is 0.844. The lowest BCUT2D eigenvalue weighted by Gasteiger charge is -2.25. The Balaban J connectivity index is 2.22. The Morgan fingerprint density at radius 1 is 1.42 bits per heavy atom. The van der Waals surface area contributed by atoms with E-state index in [0.717, 1.165) is 48.8 Å². The number of aromatic nitrogens is 2. The van der Waals surface area contributed by atoms with E-state index in [4.69, 9.17) is 0 Å². The average Bonchev–Trinajstić information content (AvgIpc) is 2.70. The highest BCUT2D eigenvalue weighted by atomic mass is 79.9. The van der Waals surface area contributed by atoms with Gasteiger partial charge in [-0.3, -0.25) is 9.48 Å². The fourth-order valence-electron chi connectivity index (χ4n) is 2.97. The van der Waals surface area contributed by atoms with Crippen molar-refractivity contribution in [2.75, 3.05) is 0 Å². The average molecular weight is 327 g/mol. The maximum absolute atomic E-state index is 12.1. The summed E-state index contributed by atoms with van der Waals surface area (Å²) in [5.74, 6) is 1.30. The normalized spacial score (nSPS) is 23.9. The van der Waals surface area contributed by atoms with Gasteiger partial charge in [0.2, 0.25) is 0 Å². The van der Waals surface area contributed by atoms with Crippen molar-refractivity contribution in [1.29, 1.82) is 0 Å². The van der Waals surface area contributed by atoms with Gasteiger partial charge >= 0.3 is 0 Å². The zero-order valence-corrected chi connectivity index (χ0v) is 13.7. The molecule has 19 heavy (non-hydrogen) atoms. The van der Waals surface area contributed by atoms with Crippen molar-refractivity contribution in [2.45, 2.75) is 59.4 Å². The lowest BCUT2D eigenvalue weighted by atomic mass is 9.79. The molecule has 2 unspecified atom stereocenters. The molecule has 0 bridgehead atoms. The van der Waals surface area contributed by atoms with Crippen LogP contribution in [0.4, 0.5) is 0 Å². The SMILES string of the molecule is CCc1nn(CC)c(CC2CC(C)CCC2=O)c1Br. The van der Waals surface area contributed by atoms with Crippen LogP contribution in [0.2, 0.25) is 0 Å². The van der Waals surface area contributed by atoms with E-state index in [1.165, 1.54) is 5.69 Å². The van der Waals surface area contributed by atoms with Gasteiger partial charge in [-0.15, -0.1) is 0 Å². The molecule has 1 aromatic rings. The monoisotopic (exact) mass is 326 g/mol. The zero-order valence-electron chi connectivity index (χ0n) is 12.1. The summed E-state index contributed by atoms with van der Waals surface area (Å²) in [5.41, 5.74) is 2.31.